The highest BCUT2D eigenvalue weighted by Crippen LogP contribution is 2.33. The summed E-state index contributed by atoms with van der Waals surface area (Å²) < 4.78 is 5.76. The van der Waals surface area contributed by atoms with Crippen LogP contribution >= 0.6 is 0 Å². The van der Waals surface area contributed by atoms with Crippen LogP contribution in [0.5, 0.6) is 5.75 Å². The van der Waals surface area contributed by atoms with Crippen molar-refractivity contribution >= 4 is 0 Å². The van der Waals surface area contributed by atoms with Crippen LogP contribution in [0.25, 0.3) is 0 Å². The summed E-state index contributed by atoms with van der Waals surface area (Å²) in [6, 6.07) is 9.59. The Kier molecular flexibility index (Phi) is 4.62. The predicted molar refractivity (Wildman–Crippen MR) is 83.1 cm³/mol. The molecule has 2 aliphatic rings. The summed E-state index contributed by atoms with van der Waals surface area (Å²) in [5, 5.41) is 3.89. The van der Waals surface area contributed by atoms with Gasteiger partial charge in [0.15, 0.2) is 0 Å². The summed E-state index contributed by atoms with van der Waals surface area (Å²) in [6.07, 6.45) is 9.60. The van der Waals surface area contributed by atoms with Gasteiger partial charge in [0.2, 0.25) is 0 Å². The molecule has 0 amide bonds. The van der Waals surface area contributed by atoms with Crippen molar-refractivity contribution in [3.05, 3.63) is 29.8 Å². The van der Waals surface area contributed by atoms with E-state index >= 15 is 0 Å². The molecule has 0 saturated heterocycles. The molecule has 1 aromatic rings. The number of nitrogens with one attached hydrogen (secondary N) is 1. The Balaban J connectivity index is 1.65. The van der Waals surface area contributed by atoms with Gasteiger partial charge in [0.25, 0.3) is 0 Å². The predicted octanol–water partition coefficient (Wildman–Crippen LogP) is 4.46. The van der Waals surface area contributed by atoms with Crippen molar-refractivity contribution in [3.8, 4) is 5.75 Å². The zero-order valence-electron chi connectivity index (χ0n) is 12.6. The molecule has 20 heavy (non-hydrogen) atoms. The molecule has 0 bridgehead atoms. The van der Waals surface area contributed by atoms with Gasteiger partial charge in [-0.25, -0.2) is 0 Å². The van der Waals surface area contributed by atoms with Gasteiger partial charge in [0, 0.05) is 24.1 Å². The molecule has 1 aliphatic carbocycles. The first kappa shape index (κ1) is 13.9. The van der Waals surface area contributed by atoms with Gasteiger partial charge in [-0.3, -0.25) is 0 Å². The topological polar surface area (TPSA) is 21.3 Å². The molecule has 1 saturated carbocycles. The number of para-hydroxylation sites is 1. The molecule has 1 aromatic carbocycles. The van der Waals surface area contributed by atoms with Crippen LogP contribution in [0.3, 0.4) is 0 Å². The van der Waals surface area contributed by atoms with Gasteiger partial charge in [-0.05, 0) is 31.7 Å². The molecule has 1 heterocycles. The second-order valence-corrected chi connectivity index (χ2v) is 6.43. The molecule has 1 aliphatic heterocycles. The molecule has 1 fully saturated rings. The first-order valence-electron chi connectivity index (χ1n) is 8.32. The minimum atomic E-state index is 0.471. The van der Waals surface area contributed by atoms with E-state index in [0.717, 1.165) is 24.7 Å². The number of hydrogen-bond donors (Lipinski definition) is 1. The van der Waals surface area contributed by atoms with Crippen LogP contribution in [0.1, 0.15) is 63.5 Å². The number of hydrogen-bond acceptors (Lipinski definition) is 2. The first-order valence-corrected chi connectivity index (χ1v) is 8.32. The summed E-state index contributed by atoms with van der Waals surface area (Å²) in [7, 11) is 0. The van der Waals surface area contributed by atoms with Crippen LogP contribution in [-0.2, 0) is 0 Å². The van der Waals surface area contributed by atoms with E-state index in [1.54, 1.807) is 0 Å². The average Bonchev–Trinajstić information content (AvgIpc) is 2.77. The zero-order valence-corrected chi connectivity index (χ0v) is 12.6. The maximum absolute atomic E-state index is 5.76. The fourth-order valence-corrected chi connectivity index (χ4v) is 3.78. The van der Waals surface area contributed by atoms with Crippen molar-refractivity contribution in [3.63, 3.8) is 0 Å². The molecule has 2 nitrogen and oxygen atoms in total. The van der Waals surface area contributed by atoms with Crippen LogP contribution in [0.15, 0.2) is 24.3 Å². The Morgan fingerprint density at radius 2 is 1.80 bits per heavy atom. The lowest BCUT2D eigenvalue weighted by Crippen LogP contribution is -2.38. The van der Waals surface area contributed by atoms with Crippen LogP contribution in [-0.4, -0.2) is 12.6 Å². The van der Waals surface area contributed by atoms with Gasteiger partial charge in [-0.2, -0.15) is 0 Å². The largest absolute Gasteiger partial charge is 0.493 e. The van der Waals surface area contributed by atoms with Gasteiger partial charge in [0.1, 0.15) is 5.75 Å². The first-order chi connectivity index (χ1) is 9.84. The lowest BCUT2D eigenvalue weighted by molar-refractivity contribution is 0.227. The van der Waals surface area contributed by atoms with Gasteiger partial charge in [0.05, 0.1) is 6.61 Å². The molecular formula is C18H27NO. The number of fused-ring (bicyclic) bond motifs is 1. The van der Waals surface area contributed by atoms with Gasteiger partial charge in [-0.1, -0.05) is 43.9 Å². The molecule has 110 valence electrons. The second-order valence-electron chi connectivity index (χ2n) is 6.43. The minimum absolute atomic E-state index is 0.471. The summed E-state index contributed by atoms with van der Waals surface area (Å²) in [5.74, 6) is 1.93. The quantitative estimate of drug-likeness (QED) is 0.821. The Bertz CT molecular complexity index is 423. The monoisotopic (exact) mass is 273 g/mol. The maximum Gasteiger partial charge on any atom is 0.124 e. The fourth-order valence-electron chi connectivity index (χ4n) is 3.78. The van der Waals surface area contributed by atoms with Gasteiger partial charge in [-0.15, -0.1) is 0 Å². The third-order valence-corrected chi connectivity index (χ3v) is 5.03. The standard InChI is InChI=1S/C18H27NO/c1-14(15-8-4-2-3-5-9-15)19-17-12-13-20-18-11-7-6-10-16(17)18/h6-7,10-11,14-15,17,19H,2-5,8-9,12-13H2,1H3/t14-,17?/m0/s1. The third-order valence-electron chi connectivity index (χ3n) is 5.03. The maximum atomic E-state index is 5.76. The highest BCUT2D eigenvalue weighted by molar-refractivity contribution is 5.37. The van der Waals surface area contributed by atoms with E-state index in [0.29, 0.717) is 12.1 Å². The summed E-state index contributed by atoms with van der Waals surface area (Å²) in [6.45, 7) is 3.22. The summed E-state index contributed by atoms with van der Waals surface area (Å²) >= 11 is 0. The molecule has 1 N–H and O–H groups in total. The Labute approximate surface area is 122 Å². The molecule has 2 heteroatoms. The molecule has 0 spiro atoms. The highest BCUT2D eigenvalue weighted by Gasteiger charge is 2.25. The van der Waals surface area contributed by atoms with E-state index in [4.69, 9.17) is 4.74 Å². The number of benzene rings is 1. The Morgan fingerprint density at radius 3 is 2.60 bits per heavy atom. The SMILES string of the molecule is C[C@H](NC1CCOc2ccccc21)C1CCCCCC1. The summed E-state index contributed by atoms with van der Waals surface area (Å²) in [5.41, 5.74) is 1.35. The number of ether oxygens (including phenoxy) is 1. The molecule has 0 radical (unpaired) electrons. The Morgan fingerprint density at radius 1 is 1.05 bits per heavy atom. The van der Waals surface area contributed by atoms with E-state index < -0.39 is 0 Å². The zero-order chi connectivity index (χ0) is 13.8. The van der Waals surface area contributed by atoms with Crippen molar-refractivity contribution in [2.45, 2.75) is 64.0 Å². The van der Waals surface area contributed by atoms with Crippen molar-refractivity contribution in [1.29, 1.82) is 0 Å². The lowest BCUT2D eigenvalue weighted by Gasteiger charge is -2.32. The Hall–Kier alpha value is -1.02. The van der Waals surface area contributed by atoms with E-state index in [1.165, 1.54) is 44.1 Å². The minimum Gasteiger partial charge on any atom is -0.493 e. The van der Waals surface area contributed by atoms with E-state index in [1.807, 2.05) is 0 Å². The van der Waals surface area contributed by atoms with E-state index in [-0.39, 0.29) is 0 Å². The van der Waals surface area contributed by atoms with Gasteiger partial charge < -0.3 is 10.1 Å². The van der Waals surface area contributed by atoms with Gasteiger partial charge >= 0.3 is 0 Å². The fraction of sp³-hybridized carbons (Fsp3) is 0.667. The lowest BCUT2D eigenvalue weighted by atomic mass is 9.91. The van der Waals surface area contributed by atoms with Crippen LogP contribution in [0.4, 0.5) is 0 Å². The van der Waals surface area contributed by atoms with Crippen molar-refractivity contribution < 1.29 is 4.74 Å². The average molecular weight is 273 g/mol. The highest BCUT2D eigenvalue weighted by atomic mass is 16.5. The molecular weight excluding hydrogens is 246 g/mol. The van der Waals surface area contributed by atoms with Crippen molar-refractivity contribution in [2.24, 2.45) is 5.92 Å². The third kappa shape index (κ3) is 3.17. The van der Waals surface area contributed by atoms with Crippen LogP contribution < -0.4 is 10.1 Å². The van der Waals surface area contributed by atoms with Crippen LogP contribution in [0.2, 0.25) is 0 Å². The normalized spacial score (nSPS) is 25.4. The molecule has 3 rings (SSSR count). The summed E-state index contributed by atoms with van der Waals surface area (Å²) in [4.78, 5) is 0. The van der Waals surface area contributed by atoms with Crippen molar-refractivity contribution in [1.82, 2.24) is 5.32 Å². The molecule has 0 aromatic heterocycles. The van der Waals surface area contributed by atoms with E-state index in [9.17, 15) is 0 Å². The smallest absolute Gasteiger partial charge is 0.124 e. The van der Waals surface area contributed by atoms with Crippen LogP contribution in [0, 0.1) is 5.92 Å². The van der Waals surface area contributed by atoms with Crippen molar-refractivity contribution in [2.75, 3.05) is 6.61 Å². The molecule has 2 atom stereocenters. The second kappa shape index (κ2) is 6.62. The van der Waals surface area contributed by atoms with E-state index in [2.05, 4.69) is 36.5 Å². The number of rotatable bonds is 3. The molecule has 1 unspecified atom stereocenters.